The molecule has 6 heteroatoms. The first kappa shape index (κ1) is 16.0. The van der Waals surface area contributed by atoms with Gasteiger partial charge in [-0.05, 0) is 25.7 Å². The van der Waals surface area contributed by atoms with Crippen molar-refractivity contribution in [1.82, 2.24) is 0 Å². The van der Waals surface area contributed by atoms with Gasteiger partial charge >= 0.3 is 11.9 Å². The van der Waals surface area contributed by atoms with Crippen LogP contribution < -0.4 is 0 Å². The molecule has 0 atom stereocenters. The van der Waals surface area contributed by atoms with E-state index in [-0.39, 0.29) is 36.6 Å². The average molecular weight is 245 g/mol. The fraction of sp³-hybridized carbons (Fsp3) is 0.750. The van der Waals surface area contributed by atoms with Crippen molar-refractivity contribution in [2.75, 3.05) is 0 Å². The fourth-order valence-corrected chi connectivity index (χ4v) is 1.59. The molecule has 0 amide bonds. The van der Waals surface area contributed by atoms with Crippen molar-refractivity contribution in [1.29, 1.82) is 0 Å². The van der Waals surface area contributed by atoms with Gasteiger partial charge in [0.25, 0.3) is 0 Å². The molecule has 1 aliphatic rings. The standard InChI is InChI=1S/C8H12O4.2ClH/c9-7(10)5-1-2-6(4-3-5)8(11)12;;/h5-6H,1-4H2,(H,9,10)(H,11,12);2*1H. The van der Waals surface area contributed by atoms with Crippen LogP contribution >= 0.6 is 24.8 Å². The molecule has 0 heterocycles. The molecule has 0 spiro atoms. The molecule has 1 rings (SSSR count). The Balaban J connectivity index is 0. The lowest BCUT2D eigenvalue weighted by atomic mass is 9.82. The number of halogens is 2. The highest BCUT2D eigenvalue weighted by atomic mass is 35.5. The van der Waals surface area contributed by atoms with E-state index in [0.29, 0.717) is 25.7 Å². The zero-order chi connectivity index (χ0) is 9.14. The van der Waals surface area contributed by atoms with Crippen LogP contribution in [0.2, 0.25) is 0 Å². The maximum absolute atomic E-state index is 10.5. The van der Waals surface area contributed by atoms with Crippen molar-refractivity contribution in [3.8, 4) is 0 Å². The Morgan fingerprint density at radius 3 is 1.14 bits per heavy atom. The predicted molar refractivity (Wildman–Crippen MR) is 55.2 cm³/mol. The molecule has 14 heavy (non-hydrogen) atoms. The van der Waals surface area contributed by atoms with Crippen LogP contribution in [0.1, 0.15) is 25.7 Å². The summed E-state index contributed by atoms with van der Waals surface area (Å²) in [5.74, 6) is -2.22. The topological polar surface area (TPSA) is 74.6 Å². The number of carbonyl (C=O) groups is 2. The second-order valence-electron chi connectivity index (χ2n) is 3.23. The highest BCUT2D eigenvalue weighted by molar-refractivity contribution is 5.85. The quantitative estimate of drug-likeness (QED) is 0.777. The van der Waals surface area contributed by atoms with Crippen molar-refractivity contribution in [2.24, 2.45) is 11.8 Å². The molecule has 0 unspecified atom stereocenters. The Hall–Kier alpha value is -0.480. The maximum atomic E-state index is 10.5. The summed E-state index contributed by atoms with van der Waals surface area (Å²) in [6.07, 6.45) is 2.03. The van der Waals surface area contributed by atoms with Crippen molar-refractivity contribution < 1.29 is 19.8 Å². The molecule has 0 aromatic rings. The Labute approximate surface area is 94.5 Å². The fourth-order valence-electron chi connectivity index (χ4n) is 1.59. The van der Waals surface area contributed by atoms with E-state index in [1.54, 1.807) is 0 Å². The summed E-state index contributed by atoms with van der Waals surface area (Å²) in [5, 5.41) is 17.2. The third kappa shape index (κ3) is 4.15. The lowest BCUT2D eigenvalue weighted by Gasteiger charge is -2.22. The van der Waals surface area contributed by atoms with Crippen LogP contribution in [0.3, 0.4) is 0 Å². The summed E-state index contributed by atoms with van der Waals surface area (Å²) in [4.78, 5) is 21.0. The number of hydrogen-bond donors (Lipinski definition) is 2. The molecular formula is C8H14Cl2O4. The van der Waals surface area contributed by atoms with Crippen molar-refractivity contribution in [3.05, 3.63) is 0 Å². The minimum Gasteiger partial charge on any atom is -0.481 e. The van der Waals surface area contributed by atoms with E-state index in [1.165, 1.54) is 0 Å². The average Bonchev–Trinajstić information content (AvgIpc) is 2.04. The highest BCUT2D eigenvalue weighted by Gasteiger charge is 2.29. The minimum atomic E-state index is -0.793. The number of carboxylic acid groups (broad SMARTS) is 2. The first-order valence-corrected chi connectivity index (χ1v) is 4.07. The molecule has 0 saturated heterocycles. The highest BCUT2D eigenvalue weighted by Crippen LogP contribution is 2.28. The zero-order valence-corrected chi connectivity index (χ0v) is 9.14. The predicted octanol–water partition coefficient (Wildman–Crippen LogP) is 1.81. The Morgan fingerprint density at radius 2 is 1.00 bits per heavy atom. The molecular weight excluding hydrogens is 231 g/mol. The van der Waals surface area contributed by atoms with Gasteiger partial charge < -0.3 is 10.2 Å². The molecule has 2 N–H and O–H groups in total. The Kier molecular flexibility index (Phi) is 7.87. The molecule has 0 aromatic heterocycles. The molecule has 1 aliphatic carbocycles. The number of carboxylic acids is 2. The van der Waals surface area contributed by atoms with Crippen LogP contribution in [0.5, 0.6) is 0 Å². The second-order valence-corrected chi connectivity index (χ2v) is 3.23. The van der Waals surface area contributed by atoms with E-state index in [2.05, 4.69) is 0 Å². The number of rotatable bonds is 2. The van der Waals surface area contributed by atoms with Gasteiger partial charge in [0.15, 0.2) is 0 Å². The largest absolute Gasteiger partial charge is 0.481 e. The molecule has 0 bridgehead atoms. The molecule has 1 saturated carbocycles. The van der Waals surface area contributed by atoms with Gasteiger partial charge in [-0.3, -0.25) is 9.59 Å². The smallest absolute Gasteiger partial charge is 0.306 e. The first-order chi connectivity index (χ1) is 5.61. The van der Waals surface area contributed by atoms with Crippen LogP contribution in [0, 0.1) is 11.8 Å². The Morgan fingerprint density at radius 1 is 0.786 bits per heavy atom. The van der Waals surface area contributed by atoms with E-state index in [9.17, 15) is 9.59 Å². The lowest BCUT2D eigenvalue weighted by molar-refractivity contribution is -0.148. The third-order valence-electron chi connectivity index (χ3n) is 2.43. The van der Waals surface area contributed by atoms with Crippen molar-refractivity contribution in [2.45, 2.75) is 25.7 Å². The Bertz CT molecular complexity index is 178. The summed E-state index contributed by atoms with van der Waals surface area (Å²) < 4.78 is 0. The minimum absolute atomic E-state index is 0. The molecule has 0 aromatic carbocycles. The summed E-state index contributed by atoms with van der Waals surface area (Å²) in [5.41, 5.74) is 0. The van der Waals surface area contributed by atoms with E-state index >= 15 is 0 Å². The van der Waals surface area contributed by atoms with Gasteiger partial charge in [0.2, 0.25) is 0 Å². The molecule has 84 valence electrons. The molecule has 1 fully saturated rings. The van der Waals surface area contributed by atoms with Gasteiger partial charge in [-0.15, -0.1) is 24.8 Å². The first-order valence-electron chi connectivity index (χ1n) is 4.07. The maximum Gasteiger partial charge on any atom is 0.306 e. The second kappa shape index (κ2) is 6.90. The van der Waals surface area contributed by atoms with Crippen LogP contribution in [0.4, 0.5) is 0 Å². The molecule has 4 nitrogen and oxygen atoms in total. The monoisotopic (exact) mass is 244 g/mol. The van der Waals surface area contributed by atoms with Gasteiger partial charge in [0, 0.05) is 0 Å². The zero-order valence-electron chi connectivity index (χ0n) is 7.51. The van der Waals surface area contributed by atoms with Gasteiger partial charge in [-0.2, -0.15) is 0 Å². The van der Waals surface area contributed by atoms with E-state index in [4.69, 9.17) is 10.2 Å². The van der Waals surface area contributed by atoms with E-state index < -0.39 is 11.9 Å². The van der Waals surface area contributed by atoms with Crippen LogP contribution in [-0.4, -0.2) is 22.2 Å². The summed E-state index contributed by atoms with van der Waals surface area (Å²) in [7, 11) is 0. The van der Waals surface area contributed by atoms with Crippen LogP contribution in [0.25, 0.3) is 0 Å². The van der Waals surface area contributed by atoms with E-state index in [1.807, 2.05) is 0 Å². The van der Waals surface area contributed by atoms with Crippen LogP contribution in [-0.2, 0) is 9.59 Å². The van der Waals surface area contributed by atoms with Crippen molar-refractivity contribution >= 4 is 36.8 Å². The number of aliphatic carboxylic acids is 2. The van der Waals surface area contributed by atoms with Gasteiger partial charge in [0.1, 0.15) is 0 Å². The normalized spacial score (nSPS) is 25.4. The SMILES string of the molecule is Cl.Cl.O=C(O)C1CCC(C(=O)O)CC1. The van der Waals surface area contributed by atoms with Gasteiger partial charge in [-0.1, -0.05) is 0 Å². The summed E-state index contributed by atoms with van der Waals surface area (Å²) >= 11 is 0. The van der Waals surface area contributed by atoms with Crippen molar-refractivity contribution in [3.63, 3.8) is 0 Å². The molecule has 0 radical (unpaired) electrons. The lowest BCUT2D eigenvalue weighted by Crippen LogP contribution is -2.25. The third-order valence-corrected chi connectivity index (χ3v) is 2.43. The number of hydrogen-bond acceptors (Lipinski definition) is 2. The van der Waals surface area contributed by atoms with Gasteiger partial charge in [-0.25, -0.2) is 0 Å². The van der Waals surface area contributed by atoms with E-state index in [0.717, 1.165) is 0 Å². The van der Waals surface area contributed by atoms with Crippen LogP contribution in [0.15, 0.2) is 0 Å². The summed E-state index contributed by atoms with van der Waals surface area (Å²) in [6.45, 7) is 0. The molecule has 0 aliphatic heterocycles. The summed E-state index contributed by atoms with van der Waals surface area (Å²) in [6, 6.07) is 0. The van der Waals surface area contributed by atoms with Gasteiger partial charge in [0.05, 0.1) is 11.8 Å².